The molecule has 19 heavy (non-hydrogen) atoms. The molecule has 6 heteroatoms. The zero-order valence-electron chi connectivity index (χ0n) is 11.0. The Morgan fingerprint density at radius 2 is 1.84 bits per heavy atom. The maximum Gasteiger partial charge on any atom is 0.416 e. The molecule has 0 amide bonds. The molecule has 0 saturated carbocycles. The number of rotatable bonds is 6. The molecular weight excluding hydrogens is 260 g/mol. The summed E-state index contributed by atoms with van der Waals surface area (Å²) in [6.45, 7) is 1.47. The van der Waals surface area contributed by atoms with Crippen molar-refractivity contribution in [2.75, 3.05) is 32.5 Å². The van der Waals surface area contributed by atoms with Crippen LogP contribution in [0.2, 0.25) is 0 Å². The summed E-state index contributed by atoms with van der Waals surface area (Å²) >= 11 is 0. The third-order valence-corrected chi connectivity index (χ3v) is 2.64. The Balaban J connectivity index is 2.47. The van der Waals surface area contributed by atoms with Gasteiger partial charge in [-0.05, 0) is 51.7 Å². The van der Waals surface area contributed by atoms with Crippen LogP contribution in [-0.2, 0) is 6.18 Å². The van der Waals surface area contributed by atoms with Crippen LogP contribution in [0.3, 0.4) is 0 Å². The quantitative estimate of drug-likeness (QED) is 0.632. The van der Waals surface area contributed by atoms with E-state index >= 15 is 0 Å². The molecule has 1 rings (SSSR count). The normalized spacial score (nSPS) is 11.9. The number of hydrogen-bond acceptors (Lipinski definition) is 2. The van der Waals surface area contributed by atoms with Gasteiger partial charge in [-0.1, -0.05) is 0 Å². The van der Waals surface area contributed by atoms with Crippen molar-refractivity contribution < 1.29 is 17.6 Å². The van der Waals surface area contributed by atoms with Gasteiger partial charge in [-0.25, -0.2) is 4.39 Å². The van der Waals surface area contributed by atoms with Crippen LogP contribution in [0.5, 0.6) is 0 Å². The summed E-state index contributed by atoms with van der Waals surface area (Å²) in [7, 11) is 3.92. The predicted molar refractivity (Wildman–Crippen MR) is 67.7 cm³/mol. The molecule has 0 saturated heterocycles. The second kappa shape index (κ2) is 6.75. The van der Waals surface area contributed by atoms with E-state index in [1.807, 2.05) is 19.0 Å². The minimum absolute atomic E-state index is 0.109. The van der Waals surface area contributed by atoms with E-state index in [4.69, 9.17) is 0 Å². The van der Waals surface area contributed by atoms with Gasteiger partial charge in [-0.2, -0.15) is 13.2 Å². The number of benzene rings is 1. The van der Waals surface area contributed by atoms with Crippen molar-refractivity contribution in [2.45, 2.75) is 19.0 Å². The van der Waals surface area contributed by atoms with Crippen LogP contribution in [-0.4, -0.2) is 32.1 Å². The molecule has 0 heterocycles. The first-order valence-electron chi connectivity index (χ1n) is 6.06. The third-order valence-electron chi connectivity index (χ3n) is 2.64. The van der Waals surface area contributed by atoms with E-state index in [1.54, 1.807) is 0 Å². The summed E-state index contributed by atoms with van der Waals surface area (Å²) in [5.74, 6) is -0.873. The highest BCUT2D eigenvalue weighted by Gasteiger charge is 2.31. The summed E-state index contributed by atoms with van der Waals surface area (Å²) in [5, 5.41) is 2.80. The van der Waals surface area contributed by atoms with Crippen LogP contribution in [0.25, 0.3) is 0 Å². The molecule has 0 bridgehead atoms. The van der Waals surface area contributed by atoms with E-state index in [2.05, 4.69) is 5.32 Å². The molecule has 0 atom stereocenters. The van der Waals surface area contributed by atoms with Crippen LogP contribution < -0.4 is 5.32 Å². The van der Waals surface area contributed by atoms with Gasteiger partial charge < -0.3 is 10.2 Å². The zero-order chi connectivity index (χ0) is 14.5. The second-order valence-electron chi connectivity index (χ2n) is 4.63. The molecule has 1 aromatic rings. The third kappa shape index (κ3) is 5.46. The fraction of sp³-hybridized carbons (Fsp3) is 0.538. The SMILES string of the molecule is CN(C)CCCCNc1ccc(C(F)(F)F)cc1F. The topological polar surface area (TPSA) is 15.3 Å². The Hall–Kier alpha value is -1.30. The smallest absolute Gasteiger partial charge is 0.383 e. The fourth-order valence-corrected chi connectivity index (χ4v) is 1.61. The lowest BCUT2D eigenvalue weighted by Crippen LogP contribution is -2.14. The highest BCUT2D eigenvalue weighted by molar-refractivity contribution is 5.46. The van der Waals surface area contributed by atoms with Crippen molar-refractivity contribution >= 4 is 5.69 Å². The Bertz CT molecular complexity index is 402. The number of nitrogens with zero attached hydrogens (tertiary/aromatic N) is 1. The van der Waals surface area contributed by atoms with Crippen LogP contribution in [0.1, 0.15) is 18.4 Å². The molecule has 0 spiro atoms. The zero-order valence-corrected chi connectivity index (χ0v) is 11.0. The van der Waals surface area contributed by atoms with Gasteiger partial charge in [-0.3, -0.25) is 0 Å². The minimum Gasteiger partial charge on any atom is -0.383 e. The van der Waals surface area contributed by atoms with Crippen molar-refractivity contribution in [1.82, 2.24) is 4.90 Å². The molecule has 0 fully saturated rings. The first-order valence-corrected chi connectivity index (χ1v) is 6.06. The van der Waals surface area contributed by atoms with Crippen LogP contribution in [0, 0.1) is 5.82 Å². The van der Waals surface area contributed by atoms with Gasteiger partial charge in [0.2, 0.25) is 0 Å². The van der Waals surface area contributed by atoms with Crippen molar-refractivity contribution in [3.63, 3.8) is 0 Å². The number of nitrogens with one attached hydrogen (secondary N) is 1. The fourth-order valence-electron chi connectivity index (χ4n) is 1.61. The maximum absolute atomic E-state index is 13.4. The van der Waals surface area contributed by atoms with E-state index in [0.717, 1.165) is 31.5 Å². The van der Waals surface area contributed by atoms with Crippen molar-refractivity contribution in [3.05, 3.63) is 29.6 Å². The molecule has 1 N–H and O–H groups in total. The van der Waals surface area contributed by atoms with E-state index in [9.17, 15) is 17.6 Å². The summed E-state index contributed by atoms with van der Waals surface area (Å²) < 4.78 is 50.5. The van der Waals surface area contributed by atoms with Crippen molar-refractivity contribution in [1.29, 1.82) is 0 Å². The monoisotopic (exact) mass is 278 g/mol. The van der Waals surface area contributed by atoms with E-state index in [-0.39, 0.29) is 5.69 Å². The largest absolute Gasteiger partial charge is 0.416 e. The van der Waals surface area contributed by atoms with Gasteiger partial charge in [0.05, 0.1) is 11.3 Å². The first-order chi connectivity index (χ1) is 8.80. The van der Waals surface area contributed by atoms with Crippen LogP contribution in [0.4, 0.5) is 23.2 Å². The number of alkyl halides is 3. The lowest BCUT2D eigenvalue weighted by Gasteiger charge is -2.12. The number of anilines is 1. The number of unbranched alkanes of at least 4 members (excludes halogenated alkanes) is 1. The Morgan fingerprint density at radius 3 is 2.37 bits per heavy atom. The van der Waals surface area contributed by atoms with Crippen molar-refractivity contribution in [3.8, 4) is 0 Å². The maximum atomic E-state index is 13.4. The summed E-state index contributed by atoms with van der Waals surface area (Å²) in [6, 6.07) is 2.53. The van der Waals surface area contributed by atoms with Crippen LogP contribution >= 0.6 is 0 Å². The Labute approximate surface area is 110 Å². The van der Waals surface area contributed by atoms with Gasteiger partial charge in [0.1, 0.15) is 5.82 Å². The molecule has 1 aromatic carbocycles. The highest BCUT2D eigenvalue weighted by Crippen LogP contribution is 2.31. The van der Waals surface area contributed by atoms with Gasteiger partial charge in [-0.15, -0.1) is 0 Å². The van der Waals surface area contributed by atoms with Gasteiger partial charge in [0.25, 0.3) is 0 Å². The molecule has 108 valence electrons. The highest BCUT2D eigenvalue weighted by atomic mass is 19.4. The number of hydrogen-bond donors (Lipinski definition) is 1. The molecule has 0 aromatic heterocycles. The molecule has 0 unspecified atom stereocenters. The molecule has 0 aliphatic heterocycles. The second-order valence-corrected chi connectivity index (χ2v) is 4.63. The molecule has 0 aliphatic rings. The summed E-state index contributed by atoms with van der Waals surface area (Å²) in [4.78, 5) is 2.04. The van der Waals surface area contributed by atoms with Gasteiger partial charge in [0.15, 0.2) is 0 Å². The predicted octanol–water partition coefficient (Wildman–Crippen LogP) is 3.60. The molecule has 2 nitrogen and oxygen atoms in total. The van der Waals surface area contributed by atoms with E-state index in [0.29, 0.717) is 12.6 Å². The van der Waals surface area contributed by atoms with E-state index in [1.165, 1.54) is 0 Å². The number of halogens is 4. The molecule has 0 aliphatic carbocycles. The van der Waals surface area contributed by atoms with Gasteiger partial charge in [0, 0.05) is 6.54 Å². The Morgan fingerprint density at radius 1 is 1.16 bits per heavy atom. The lowest BCUT2D eigenvalue weighted by molar-refractivity contribution is -0.137. The molecule has 0 radical (unpaired) electrons. The summed E-state index contributed by atoms with van der Waals surface area (Å²) in [5.41, 5.74) is -0.860. The van der Waals surface area contributed by atoms with Gasteiger partial charge >= 0.3 is 6.18 Å². The lowest BCUT2D eigenvalue weighted by atomic mass is 10.2. The van der Waals surface area contributed by atoms with Crippen molar-refractivity contribution in [2.24, 2.45) is 0 Å². The average molecular weight is 278 g/mol. The standard InChI is InChI=1S/C13H18F4N2/c1-19(2)8-4-3-7-18-12-6-5-10(9-11(12)14)13(15,16)17/h5-6,9,18H,3-4,7-8H2,1-2H3. The van der Waals surface area contributed by atoms with E-state index < -0.39 is 17.6 Å². The van der Waals surface area contributed by atoms with Crippen LogP contribution in [0.15, 0.2) is 18.2 Å². The average Bonchev–Trinajstić information content (AvgIpc) is 2.28. The summed E-state index contributed by atoms with van der Waals surface area (Å²) in [6.07, 6.45) is -2.73. The first kappa shape index (κ1) is 15.8. The Kier molecular flexibility index (Phi) is 5.60. The molecular formula is C13H18F4N2. The minimum atomic E-state index is -4.51.